The second-order valence-corrected chi connectivity index (χ2v) is 6.31. The fraction of sp³-hybridized carbons (Fsp3) is 0.667. The second kappa shape index (κ2) is 9.82. The van der Waals surface area contributed by atoms with Crippen molar-refractivity contribution < 1.29 is 24.1 Å². The van der Waals surface area contributed by atoms with E-state index in [9.17, 15) is 5.11 Å². The first-order valence-corrected chi connectivity index (χ1v) is 8.53. The van der Waals surface area contributed by atoms with E-state index < -0.39 is 6.10 Å². The number of hydrogen-bond donors (Lipinski definition) is 1. The number of methoxy groups -OCH3 is 3. The third kappa shape index (κ3) is 5.74. The van der Waals surface area contributed by atoms with Crippen molar-refractivity contribution >= 4 is 0 Å². The van der Waals surface area contributed by atoms with Crippen molar-refractivity contribution in [2.75, 3.05) is 67.7 Å². The van der Waals surface area contributed by atoms with Crippen LogP contribution in [0.15, 0.2) is 12.1 Å². The van der Waals surface area contributed by atoms with Gasteiger partial charge in [0.15, 0.2) is 11.5 Å². The van der Waals surface area contributed by atoms with Crippen molar-refractivity contribution in [1.82, 2.24) is 9.80 Å². The summed E-state index contributed by atoms with van der Waals surface area (Å²) >= 11 is 0. The number of aliphatic hydroxyl groups excluding tert-OH is 1. The zero-order valence-corrected chi connectivity index (χ0v) is 15.7. The number of aliphatic hydroxyl groups is 1. The van der Waals surface area contributed by atoms with Crippen LogP contribution in [0.5, 0.6) is 17.2 Å². The summed E-state index contributed by atoms with van der Waals surface area (Å²) < 4.78 is 21.7. The molecule has 25 heavy (non-hydrogen) atoms. The highest BCUT2D eigenvalue weighted by Gasteiger charge is 2.17. The first kappa shape index (κ1) is 19.8. The molecule has 0 saturated carbocycles. The van der Waals surface area contributed by atoms with Crippen LogP contribution in [-0.4, -0.2) is 88.7 Å². The third-order valence-electron chi connectivity index (χ3n) is 4.37. The minimum atomic E-state index is -0.495. The summed E-state index contributed by atoms with van der Waals surface area (Å²) in [5.74, 6) is 1.75. The van der Waals surface area contributed by atoms with E-state index in [4.69, 9.17) is 18.9 Å². The first-order valence-electron chi connectivity index (χ1n) is 8.53. The van der Waals surface area contributed by atoms with E-state index >= 15 is 0 Å². The molecule has 1 aromatic rings. The first-order chi connectivity index (χ1) is 12.1. The maximum Gasteiger partial charge on any atom is 0.203 e. The molecule has 0 spiro atoms. The fourth-order valence-corrected chi connectivity index (χ4v) is 2.91. The van der Waals surface area contributed by atoms with Crippen LogP contribution in [0.2, 0.25) is 0 Å². The van der Waals surface area contributed by atoms with E-state index in [1.807, 2.05) is 12.1 Å². The molecule has 1 aliphatic heterocycles. The Morgan fingerprint density at radius 3 is 2.12 bits per heavy atom. The number of likely N-dealkylation sites (N-methyl/N-ethyl adjacent to an activating group) is 1. The SMILES string of the molecule is COc1cc(COCC(O)CN2CCN(C)CC2)cc(OC)c1OC. The van der Waals surface area contributed by atoms with Gasteiger partial charge in [-0.15, -0.1) is 0 Å². The van der Waals surface area contributed by atoms with Crippen LogP contribution in [0.3, 0.4) is 0 Å². The molecule has 7 heteroatoms. The van der Waals surface area contributed by atoms with Gasteiger partial charge >= 0.3 is 0 Å². The monoisotopic (exact) mass is 354 g/mol. The number of nitrogens with zero attached hydrogens (tertiary/aromatic N) is 2. The van der Waals surface area contributed by atoms with Crippen molar-refractivity contribution in [2.24, 2.45) is 0 Å². The average Bonchev–Trinajstić information content (AvgIpc) is 2.62. The molecule has 1 aliphatic rings. The van der Waals surface area contributed by atoms with Gasteiger partial charge in [-0.3, -0.25) is 4.90 Å². The molecule has 0 aromatic heterocycles. The maximum atomic E-state index is 10.2. The highest BCUT2D eigenvalue weighted by Crippen LogP contribution is 2.38. The molecule has 1 N–H and O–H groups in total. The summed E-state index contributed by atoms with van der Waals surface area (Å²) in [6.45, 7) is 5.36. The topological polar surface area (TPSA) is 63.6 Å². The van der Waals surface area contributed by atoms with Gasteiger partial charge in [-0.05, 0) is 24.7 Å². The van der Waals surface area contributed by atoms with Crippen LogP contribution in [0, 0.1) is 0 Å². The van der Waals surface area contributed by atoms with Gasteiger partial charge in [-0.1, -0.05) is 0 Å². The van der Waals surface area contributed by atoms with Crippen LogP contribution < -0.4 is 14.2 Å². The molecule has 0 radical (unpaired) electrons. The fourth-order valence-electron chi connectivity index (χ4n) is 2.91. The molecule has 142 valence electrons. The van der Waals surface area contributed by atoms with Crippen molar-refractivity contribution in [3.63, 3.8) is 0 Å². The second-order valence-electron chi connectivity index (χ2n) is 6.31. The van der Waals surface area contributed by atoms with Crippen molar-refractivity contribution in [2.45, 2.75) is 12.7 Å². The minimum absolute atomic E-state index is 0.295. The number of piperazine rings is 1. The van der Waals surface area contributed by atoms with Gasteiger partial charge < -0.3 is 29.0 Å². The predicted molar refractivity (Wildman–Crippen MR) is 95.7 cm³/mol. The Labute approximate surface area is 150 Å². The minimum Gasteiger partial charge on any atom is -0.493 e. The highest BCUT2D eigenvalue weighted by atomic mass is 16.5. The summed E-state index contributed by atoms with van der Waals surface area (Å²) in [6, 6.07) is 3.71. The predicted octanol–water partition coefficient (Wildman–Crippen LogP) is 0.837. The molecule has 1 atom stereocenters. The van der Waals surface area contributed by atoms with Crippen LogP contribution in [-0.2, 0) is 11.3 Å². The van der Waals surface area contributed by atoms with Crippen molar-refractivity contribution in [3.05, 3.63) is 17.7 Å². The number of β-amino-alcohol motifs (C(OH)–C–C–N with tert-alkyl or cyclic N) is 1. The van der Waals surface area contributed by atoms with Crippen LogP contribution >= 0.6 is 0 Å². The molecule has 1 saturated heterocycles. The molecule has 0 aliphatic carbocycles. The zero-order valence-electron chi connectivity index (χ0n) is 15.7. The number of ether oxygens (including phenoxy) is 4. The lowest BCUT2D eigenvalue weighted by Gasteiger charge is -2.33. The standard InChI is InChI=1S/C18H30N2O5/c1-19-5-7-20(8-6-19)11-15(21)13-25-12-14-9-16(22-2)18(24-4)17(10-14)23-3/h9-10,15,21H,5-8,11-13H2,1-4H3. The Hall–Kier alpha value is -1.54. The Morgan fingerprint density at radius 2 is 1.60 bits per heavy atom. The molecule has 2 rings (SSSR count). The molecule has 1 fully saturated rings. The molecular weight excluding hydrogens is 324 g/mol. The summed E-state index contributed by atoms with van der Waals surface area (Å²) in [6.07, 6.45) is -0.495. The number of benzene rings is 1. The molecule has 1 heterocycles. The van der Waals surface area contributed by atoms with Gasteiger partial charge in [0, 0.05) is 32.7 Å². The zero-order chi connectivity index (χ0) is 18.2. The largest absolute Gasteiger partial charge is 0.493 e. The Kier molecular flexibility index (Phi) is 7.77. The molecule has 0 amide bonds. The van der Waals surface area contributed by atoms with Gasteiger partial charge in [-0.25, -0.2) is 0 Å². The van der Waals surface area contributed by atoms with Crippen molar-refractivity contribution in [3.8, 4) is 17.2 Å². The molecular formula is C18H30N2O5. The smallest absolute Gasteiger partial charge is 0.203 e. The Bertz CT molecular complexity index is 507. The molecule has 0 bridgehead atoms. The molecule has 1 unspecified atom stereocenters. The van der Waals surface area contributed by atoms with E-state index in [1.54, 1.807) is 21.3 Å². The van der Waals surface area contributed by atoms with Gasteiger partial charge in [0.25, 0.3) is 0 Å². The van der Waals surface area contributed by atoms with Gasteiger partial charge in [0.05, 0.1) is 40.6 Å². The van der Waals surface area contributed by atoms with E-state index in [2.05, 4.69) is 16.8 Å². The summed E-state index contributed by atoms with van der Waals surface area (Å²) in [5, 5.41) is 10.2. The normalized spacial score (nSPS) is 17.3. The summed E-state index contributed by atoms with van der Waals surface area (Å²) in [7, 11) is 6.86. The van der Waals surface area contributed by atoms with E-state index in [0.29, 0.717) is 37.0 Å². The summed E-state index contributed by atoms with van der Waals surface area (Å²) in [4.78, 5) is 4.57. The highest BCUT2D eigenvalue weighted by molar-refractivity contribution is 5.53. The lowest BCUT2D eigenvalue weighted by molar-refractivity contribution is 0.00289. The van der Waals surface area contributed by atoms with Crippen LogP contribution in [0.25, 0.3) is 0 Å². The van der Waals surface area contributed by atoms with E-state index in [0.717, 1.165) is 31.7 Å². The maximum absolute atomic E-state index is 10.2. The Morgan fingerprint density at radius 1 is 1.00 bits per heavy atom. The van der Waals surface area contributed by atoms with Gasteiger partial charge in [-0.2, -0.15) is 0 Å². The van der Waals surface area contributed by atoms with Crippen LogP contribution in [0.1, 0.15) is 5.56 Å². The quantitative estimate of drug-likeness (QED) is 0.705. The van der Waals surface area contributed by atoms with Crippen LogP contribution in [0.4, 0.5) is 0 Å². The average molecular weight is 354 g/mol. The van der Waals surface area contributed by atoms with Gasteiger partial charge in [0.1, 0.15) is 0 Å². The lowest BCUT2D eigenvalue weighted by atomic mass is 10.2. The number of hydrogen-bond acceptors (Lipinski definition) is 7. The lowest BCUT2D eigenvalue weighted by Crippen LogP contribution is -2.47. The Balaban J connectivity index is 1.82. The molecule has 1 aromatic carbocycles. The summed E-state index contributed by atoms with van der Waals surface area (Å²) in [5.41, 5.74) is 0.904. The van der Waals surface area contributed by atoms with E-state index in [1.165, 1.54) is 0 Å². The van der Waals surface area contributed by atoms with Crippen molar-refractivity contribution in [1.29, 1.82) is 0 Å². The van der Waals surface area contributed by atoms with E-state index in [-0.39, 0.29) is 0 Å². The third-order valence-corrected chi connectivity index (χ3v) is 4.37. The van der Waals surface area contributed by atoms with Gasteiger partial charge in [0.2, 0.25) is 5.75 Å². The molecule has 7 nitrogen and oxygen atoms in total. The number of rotatable bonds is 9.